The number of hydrogen-bond donors (Lipinski definition) is 1. The first-order valence-electron chi connectivity index (χ1n) is 10.4. The van der Waals surface area contributed by atoms with E-state index in [0.717, 1.165) is 5.56 Å². The zero-order chi connectivity index (χ0) is 23.3. The fraction of sp³-hybridized carbons (Fsp3) is 0.0741. The van der Waals surface area contributed by atoms with Crippen LogP contribution in [0.25, 0.3) is 0 Å². The Morgan fingerprint density at radius 3 is 2.12 bits per heavy atom. The van der Waals surface area contributed by atoms with Gasteiger partial charge in [0.2, 0.25) is 0 Å². The summed E-state index contributed by atoms with van der Waals surface area (Å²) in [6.07, 6.45) is 0. The lowest BCUT2D eigenvalue weighted by atomic mass is 10.1. The highest BCUT2D eigenvalue weighted by Gasteiger charge is 2.16. The van der Waals surface area contributed by atoms with E-state index >= 15 is 0 Å². The van der Waals surface area contributed by atoms with Crippen LogP contribution in [0.1, 0.15) is 21.5 Å². The Labute approximate surface area is 193 Å². The molecular weight excluding hydrogens is 434 g/mol. The quantitative estimate of drug-likeness (QED) is 0.369. The van der Waals surface area contributed by atoms with E-state index < -0.39 is 9.84 Å². The van der Waals surface area contributed by atoms with E-state index in [1.165, 1.54) is 0 Å². The summed E-state index contributed by atoms with van der Waals surface area (Å²) in [6, 6.07) is 29.7. The molecule has 0 aliphatic rings. The SMILES string of the molecule is Cc1ccc(Oc2ccccc2NC(=O)c2ccc(CS(=O)(=O)c3ccccc3)cc2)cc1. The Morgan fingerprint density at radius 2 is 1.42 bits per heavy atom. The lowest BCUT2D eigenvalue weighted by Crippen LogP contribution is -2.13. The van der Waals surface area contributed by atoms with Crippen LogP contribution in [0.3, 0.4) is 0 Å². The number of nitrogens with one attached hydrogen (secondary N) is 1. The van der Waals surface area contributed by atoms with Gasteiger partial charge < -0.3 is 10.1 Å². The maximum Gasteiger partial charge on any atom is 0.255 e. The molecule has 0 saturated carbocycles. The van der Waals surface area contributed by atoms with Gasteiger partial charge in [0.15, 0.2) is 15.6 Å². The number of hydrogen-bond acceptors (Lipinski definition) is 4. The lowest BCUT2D eigenvalue weighted by Gasteiger charge is -2.13. The highest BCUT2D eigenvalue weighted by atomic mass is 32.2. The number of benzene rings is 4. The molecule has 0 saturated heterocycles. The highest BCUT2D eigenvalue weighted by Crippen LogP contribution is 2.30. The van der Waals surface area contributed by atoms with Gasteiger partial charge in [-0.2, -0.15) is 0 Å². The van der Waals surface area contributed by atoms with Gasteiger partial charge in [0, 0.05) is 5.56 Å². The molecule has 0 unspecified atom stereocenters. The van der Waals surface area contributed by atoms with Crippen molar-refractivity contribution in [2.75, 3.05) is 5.32 Å². The number of ether oxygens (including phenoxy) is 1. The van der Waals surface area contributed by atoms with Gasteiger partial charge in [-0.25, -0.2) is 8.42 Å². The molecule has 0 aromatic heterocycles. The first-order chi connectivity index (χ1) is 15.9. The Bertz CT molecular complexity index is 1350. The molecule has 1 amide bonds. The van der Waals surface area contributed by atoms with Crippen LogP contribution in [0.2, 0.25) is 0 Å². The predicted molar refractivity (Wildman–Crippen MR) is 129 cm³/mol. The van der Waals surface area contributed by atoms with E-state index in [1.807, 2.05) is 43.3 Å². The number of sulfone groups is 1. The first kappa shape index (κ1) is 22.3. The summed E-state index contributed by atoms with van der Waals surface area (Å²) < 4.78 is 31.1. The van der Waals surface area contributed by atoms with E-state index in [0.29, 0.717) is 28.3 Å². The van der Waals surface area contributed by atoms with Crippen LogP contribution in [-0.2, 0) is 15.6 Å². The van der Waals surface area contributed by atoms with Crippen LogP contribution >= 0.6 is 0 Å². The molecule has 0 aliphatic carbocycles. The fourth-order valence-electron chi connectivity index (χ4n) is 3.27. The van der Waals surface area contributed by atoms with Crippen molar-refractivity contribution < 1.29 is 17.9 Å². The third-order valence-electron chi connectivity index (χ3n) is 5.06. The van der Waals surface area contributed by atoms with Crippen LogP contribution < -0.4 is 10.1 Å². The van der Waals surface area contributed by atoms with E-state index in [9.17, 15) is 13.2 Å². The van der Waals surface area contributed by atoms with E-state index in [4.69, 9.17) is 4.74 Å². The zero-order valence-corrected chi connectivity index (χ0v) is 18.9. The normalized spacial score (nSPS) is 11.1. The molecule has 0 spiro atoms. The highest BCUT2D eigenvalue weighted by molar-refractivity contribution is 7.90. The predicted octanol–water partition coefficient (Wildman–Crippen LogP) is 6.01. The maximum absolute atomic E-state index is 12.8. The number of amides is 1. The molecule has 33 heavy (non-hydrogen) atoms. The summed E-state index contributed by atoms with van der Waals surface area (Å²) >= 11 is 0. The Morgan fingerprint density at radius 1 is 0.788 bits per heavy atom. The maximum atomic E-state index is 12.8. The van der Waals surface area contributed by atoms with Gasteiger partial charge in [0.05, 0.1) is 16.3 Å². The van der Waals surface area contributed by atoms with Crippen molar-refractivity contribution in [1.82, 2.24) is 0 Å². The smallest absolute Gasteiger partial charge is 0.255 e. The Kier molecular flexibility index (Phi) is 6.56. The molecule has 6 heteroatoms. The van der Waals surface area contributed by atoms with Crippen molar-refractivity contribution in [3.63, 3.8) is 0 Å². The van der Waals surface area contributed by atoms with Crippen LogP contribution in [0, 0.1) is 6.92 Å². The van der Waals surface area contributed by atoms with E-state index in [-0.39, 0.29) is 16.6 Å². The summed E-state index contributed by atoms with van der Waals surface area (Å²) in [5, 5.41) is 2.87. The van der Waals surface area contributed by atoms with Crippen molar-refractivity contribution >= 4 is 21.4 Å². The standard InChI is InChI=1S/C27H23NO4S/c1-20-11-17-23(18-12-20)32-26-10-6-5-9-25(26)28-27(29)22-15-13-21(14-16-22)19-33(30,31)24-7-3-2-4-8-24/h2-18H,19H2,1H3,(H,28,29). The first-order valence-corrected chi connectivity index (χ1v) is 12.1. The monoisotopic (exact) mass is 457 g/mol. The minimum atomic E-state index is -3.45. The minimum Gasteiger partial charge on any atom is -0.455 e. The molecule has 0 atom stereocenters. The minimum absolute atomic E-state index is 0.133. The molecule has 0 heterocycles. The third kappa shape index (κ3) is 5.67. The molecular formula is C27H23NO4S. The number of anilines is 1. The van der Waals surface area contributed by atoms with Gasteiger partial charge in [0.25, 0.3) is 5.91 Å². The van der Waals surface area contributed by atoms with Crippen LogP contribution in [-0.4, -0.2) is 14.3 Å². The van der Waals surface area contributed by atoms with Crippen LogP contribution in [0.15, 0.2) is 108 Å². The zero-order valence-electron chi connectivity index (χ0n) is 18.1. The second-order valence-electron chi connectivity index (χ2n) is 7.63. The summed E-state index contributed by atoms with van der Waals surface area (Å²) in [4.78, 5) is 13.1. The topological polar surface area (TPSA) is 72.5 Å². The number of carbonyl (C=O) groups excluding carboxylic acids is 1. The molecule has 4 aromatic rings. The van der Waals surface area contributed by atoms with Crippen molar-refractivity contribution in [3.8, 4) is 11.5 Å². The molecule has 1 N–H and O–H groups in total. The molecule has 4 rings (SSSR count). The number of aryl methyl sites for hydroxylation is 1. The van der Waals surface area contributed by atoms with Gasteiger partial charge in [-0.3, -0.25) is 4.79 Å². The molecule has 0 aliphatic heterocycles. The average molecular weight is 458 g/mol. The average Bonchev–Trinajstić information content (AvgIpc) is 2.82. The summed E-state index contributed by atoms with van der Waals surface area (Å²) in [5.41, 5.74) is 2.70. The molecule has 0 radical (unpaired) electrons. The molecule has 4 aromatic carbocycles. The van der Waals surface area contributed by atoms with Crippen molar-refractivity contribution in [2.24, 2.45) is 0 Å². The van der Waals surface area contributed by atoms with Gasteiger partial charge in [-0.1, -0.05) is 60.2 Å². The second kappa shape index (κ2) is 9.71. The van der Waals surface area contributed by atoms with E-state index in [1.54, 1.807) is 66.7 Å². The van der Waals surface area contributed by atoms with E-state index in [2.05, 4.69) is 5.32 Å². The molecule has 0 bridgehead atoms. The summed E-state index contributed by atoms with van der Waals surface area (Å²) in [6.45, 7) is 2.00. The van der Waals surface area contributed by atoms with Crippen molar-refractivity contribution in [2.45, 2.75) is 17.6 Å². The van der Waals surface area contributed by atoms with Gasteiger partial charge in [-0.15, -0.1) is 0 Å². The van der Waals surface area contributed by atoms with Crippen LogP contribution in [0.5, 0.6) is 11.5 Å². The number of carbonyl (C=O) groups is 1. The number of rotatable bonds is 7. The largest absolute Gasteiger partial charge is 0.455 e. The fourth-order valence-corrected chi connectivity index (χ4v) is 4.64. The lowest BCUT2D eigenvalue weighted by molar-refractivity contribution is 0.102. The second-order valence-corrected chi connectivity index (χ2v) is 9.62. The molecule has 5 nitrogen and oxygen atoms in total. The Hall–Kier alpha value is -3.90. The van der Waals surface area contributed by atoms with Crippen molar-refractivity contribution in [3.05, 3.63) is 120 Å². The molecule has 166 valence electrons. The third-order valence-corrected chi connectivity index (χ3v) is 6.76. The van der Waals surface area contributed by atoms with Gasteiger partial charge >= 0.3 is 0 Å². The number of para-hydroxylation sites is 2. The molecule has 0 fully saturated rings. The van der Waals surface area contributed by atoms with Gasteiger partial charge in [-0.05, 0) is 61.0 Å². The summed E-state index contributed by atoms with van der Waals surface area (Å²) in [7, 11) is -3.45. The Balaban J connectivity index is 1.46. The van der Waals surface area contributed by atoms with Crippen molar-refractivity contribution in [1.29, 1.82) is 0 Å². The van der Waals surface area contributed by atoms with Crippen LogP contribution in [0.4, 0.5) is 5.69 Å². The van der Waals surface area contributed by atoms with Gasteiger partial charge in [0.1, 0.15) is 5.75 Å². The summed E-state index contributed by atoms with van der Waals surface area (Å²) in [5.74, 6) is 0.755.